The smallest absolute Gasteiger partial charge is 0.0700 e. The van der Waals surface area contributed by atoms with Gasteiger partial charge in [0.25, 0.3) is 0 Å². The third kappa shape index (κ3) is 3.05. The maximum absolute atomic E-state index is 5.56. The van der Waals surface area contributed by atoms with E-state index in [0.717, 1.165) is 30.9 Å². The van der Waals surface area contributed by atoms with Crippen LogP contribution in [-0.4, -0.2) is 39.5 Å². The molecule has 1 atom stereocenters. The van der Waals surface area contributed by atoms with Crippen molar-refractivity contribution >= 4 is 0 Å². The van der Waals surface area contributed by atoms with E-state index in [0.29, 0.717) is 24.7 Å². The van der Waals surface area contributed by atoms with Crippen LogP contribution in [0.2, 0.25) is 0 Å². The molecule has 0 spiro atoms. The van der Waals surface area contributed by atoms with E-state index in [1.807, 2.05) is 0 Å². The maximum Gasteiger partial charge on any atom is 0.0700 e. The molecule has 0 heterocycles. The molecule has 0 aromatic rings. The summed E-state index contributed by atoms with van der Waals surface area (Å²) in [6, 6.07) is 0.655. The number of hydrogen-bond acceptors (Lipinski definition) is 3. The lowest BCUT2D eigenvalue weighted by atomic mass is 9.48. The molecule has 4 aliphatic rings. The topological polar surface area (TPSA) is 30.5 Å². The van der Waals surface area contributed by atoms with Crippen molar-refractivity contribution in [1.82, 2.24) is 5.32 Å². The molecule has 0 radical (unpaired) electrons. The summed E-state index contributed by atoms with van der Waals surface area (Å²) in [4.78, 5) is 0. The number of methoxy groups -OCH3 is 1. The van der Waals surface area contributed by atoms with Crippen LogP contribution in [0.25, 0.3) is 0 Å². The van der Waals surface area contributed by atoms with Gasteiger partial charge in [0.2, 0.25) is 0 Å². The molecule has 0 aliphatic heterocycles. The summed E-state index contributed by atoms with van der Waals surface area (Å²) in [5, 5.41) is 3.75. The summed E-state index contributed by atoms with van der Waals surface area (Å²) in [6.45, 7) is 5.61. The number of ether oxygens (including phenoxy) is 2. The molecule has 1 N–H and O–H groups in total. The van der Waals surface area contributed by atoms with E-state index in [1.165, 1.54) is 38.5 Å². The molecule has 4 fully saturated rings. The summed E-state index contributed by atoms with van der Waals surface area (Å²) >= 11 is 0. The van der Waals surface area contributed by atoms with Crippen molar-refractivity contribution < 1.29 is 9.47 Å². The lowest BCUT2D eigenvalue weighted by molar-refractivity contribution is -0.0711. The van der Waals surface area contributed by atoms with E-state index in [4.69, 9.17) is 9.47 Å². The SMILES string of the molecule is COCCOCCNC(C)C12CC3CC(CC(C3)C1)C2. The van der Waals surface area contributed by atoms with Gasteiger partial charge in [0, 0.05) is 19.7 Å². The van der Waals surface area contributed by atoms with E-state index in [9.17, 15) is 0 Å². The Hall–Kier alpha value is -0.120. The zero-order valence-corrected chi connectivity index (χ0v) is 13.2. The molecule has 4 saturated carbocycles. The fourth-order valence-electron chi connectivity index (χ4n) is 5.52. The summed E-state index contributed by atoms with van der Waals surface area (Å²) in [6.07, 6.45) is 9.05. The Morgan fingerprint density at radius 3 is 2.15 bits per heavy atom. The van der Waals surface area contributed by atoms with Gasteiger partial charge in [-0.05, 0) is 68.6 Å². The van der Waals surface area contributed by atoms with E-state index < -0.39 is 0 Å². The predicted molar refractivity (Wildman–Crippen MR) is 80.8 cm³/mol. The Kier molecular flexibility index (Phi) is 4.68. The van der Waals surface area contributed by atoms with Crippen LogP contribution >= 0.6 is 0 Å². The first-order valence-corrected chi connectivity index (χ1v) is 8.52. The van der Waals surface area contributed by atoms with Gasteiger partial charge in [-0.1, -0.05) is 0 Å². The van der Waals surface area contributed by atoms with Gasteiger partial charge in [-0.15, -0.1) is 0 Å². The first-order valence-electron chi connectivity index (χ1n) is 8.52. The number of nitrogens with one attached hydrogen (secondary N) is 1. The highest BCUT2D eigenvalue weighted by molar-refractivity contribution is 5.05. The molecule has 1 unspecified atom stereocenters. The summed E-state index contributed by atoms with van der Waals surface area (Å²) < 4.78 is 10.5. The second-order valence-electron chi connectivity index (χ2n) is 7.56. The average molecular weight is 281 g/mol. The highest BCUT2D eigenvalue weighted by Gasteiger charge is 2.52. The number of hydrogen-bond donors (Lipinski definition) is 1. The molecule has 0 aromatic heterocycles. The molecule has 3 heteroatoms. The van der Waals surface area contributed by atoms with Crippen LogP contribution in [-0.2, 0) is 9.47 Å². The van der Waals surface area contributed by atoms with Crippen molar-refractivity contribution in [3.8, 4) is 0 Å². The molecular formula is C17H31NO2. The predicted octanol–water partition coefficient (Wildman–Crippen LogP) is 2.84. The van der Waals surface area contributed by atoms with Crippen LogP contribution in [0, 0.1) is 23.2 Å². The Balaban J connectivity index is 1.44. The van der Waals surface area contributed by atoms with Crippen LogP contribution in [0.4, 0.5) is 0 Å². The van der Waals surface area contributed by atoms with Crippen LogP contribution in [0.5, 0.6) is 0 Å². The minimum atomic E-state index is 0.612. The molecule has 0 amide bonds. The third-order valence-electron chi connectivity index (χ3n) is 6.13. The van der Waals surface area contributed by atoms with E-state index in [-0.39, 0.29) is 0 Å². The van der Waals surface area contributed by atoms with Crippen molar-refractivity contribution in [2.75, 3.05) is 33.5 Å². The van der Waals surface area contributed by atoms with Crippen LogP contribution in [0.15, 0.2) is 0 Å². The minimum Gasteiger partial charge on any atom is -0.382 e. The molecule has 0 saturated heterocycles. The Morgan fingerprint density at radius 1 is 1.00 bits per heavy atom. The summed E-state index contributed by atoms with van der Waals surface area (Å²) in [5.41, 5.74) is 0.612. The molecule has 116 valence electrons. The Bertz CT molecular complexity index is 283. The van der Waals surface area contributed by atoms with Gasteiger partial charge in [0.15, 0.2) is 0 Å². The monoisotopic (exact) mass is 281 g/mol. The van der Waals surface area contributed by atoms with Crippen molar-refractivity contribution in [1.29, 1.82) is 0 Å². The molecule has 4 bridgehead atoms. The van der Waals surface area contributed by atoms with Gasteiger partial charge in [-0.25, -0.2) is 0 Å². The van der Waals surface area contributed by atoms with Crippen LogP contribution < -0.4 is 5.32 Å². The Morgan fingerprint density at radius 2 is 1.60 bits per heavy atom. The van der Waals surface area contributed by atoms with E-state index in [2.05, 4.69) is 12.2 Å². The van der Waals surface area contributed by atoms with Gasteiger partial charge in [-0.2, -0.15) is 0 Å². The van der Waals surface area contributed by atoms with Crippen molar-refractivity contribution in [2.45, 2.75) is 51.5 Å². The lowest BCUT2D eigenvalue weighted by Crippen LogP contribution is -2.55. The third-order valence-corrected chi connectivity index (χ3v) is 6.13. The van der Waals surface area contributed by atoms with Gasteiger partial charge in [0.05, 0.1) is 19.8 Å². The lowest BCUT2D eigenvalue weighted by Gasteiger charge is -2.59. The van der Waals surface area contributed by atoms with Crippen molar-refractivity contribution in [3.05, 3.63) is 0 Å². The summed E-state index contributed by atoms with van der Waals surface area (Å²) in [7, 11) is 1.72. The second kappa shape index (κ2) is 6.33. The van der Waals surface area contributed by atoms with E-state index >= 15 is 0 Å². The highest BCUT2D eigenvalue weighted by Crippen LogP contribution is 2.61. The molecule has 20 heavy (non-hydrogen) atoms. The van der Waals surface area contributed by atoms with Crippen LogP contribution in [0.1, 0.15) is 45.4 Å². The first kappa shape index (κ1) is 14.8. The van der Waals surface area contributed by atoms with Gasteiger partial charge < -0.3 is 14.8 Å². The van der Waals surface area contributed by atoms with Gasteiger partial charge in [0.1, 0.15) is 0 Å². The standard InChI is InChI=1S/C17H31NO2/c1-13(18-3-4-20-6-5-19-2)17-10-14-7-15(11-17)9-16(8-14)12-17/h13-16,18H,3-12H2,1-2H3. The molecule has 0 aromatic carbocycles. The highest BCUT2D eigenvalue weighted by atomic mass is 16.5. The average Bonchev–Trinajstić information content (AvgIpc) is 2.41. The normalized spacial score (nSPS) is 40.2. The Labute approximate surface area is 123 Å². The number of rotatable bonds is 8. The van der Waals surface area contributed by atoms with Crippen molar-refractivity contribution in [2.24, 2.45) is 23.2 Å². The van der Waals surface area contributed by atoms with Gasteiger partial charge >= 0.3 is 0 Å². The zero-order valence-electron chi connectivity index (χ0n) is 13.2. The maximum atomic E-state index is 5.56. The second-order valence-corrected chi connectivity index (χ2v) is 7.56. The van der Waals surface area contributed by atoms with Crippen LogP contribution in [0.3, 0.4) is 0 Å². The minimum absolute atomic E-state index is 0.612. The summed E-state index contributed by atoms with van der Waals surface area (Å²) in [5.74, 6) is 3.13. The zero-order chi connectivity index (χ0) is 14.0. The van der Waals surface area contributed by atoms with Crippen molar-refractivity contribution in [3.63, 3.8) is 0 Å². The fourth-order valence-corrected chi connectivity index (χ4v) is 5.52. The molecule has 4 aliphatic carbocycles. The molecular weight excluding hydrogens is 250 g/mol. The first-order chi connectivity index (χ1) is 9.72. The molecule has 4 rings (SSSR count). The largest absolute Gasteiger partial charge is 0.382 e. The fraction of sp³-hybridized carbons (Fsp3) is 1.00. The quantitative estimate of drug-likeness (QED) is 0.694. The van der Waals surface area contributed by atoms with E-state index in [1.54, 1.807) is 7.11 Å². The molecule has 3 nitrogen and oxygen atoms in total. The van der Waals surface area contributed by atoms with Gasteiger partial charge in [-0.3, -0.25) is 0 Å².